The largest absolute Gasteiger partial charge is 0.290 e. The van der Waals surface area contributed by atoms with Gasteiger partial charge in [-0.15, -0.1) is 0 Å². The third kappa shape index (κ3) is 3.93. The highest BCUT2D eigenvalue weighted by Crippen LogP contribution is 2.30. The van der Waals surface area contributed by atoms with Gasteiger partial charge in [0.05, 0.1) is 6.04 Å². The predicted octanol–water partition coefficient (Wildman–Crippen LogP) is 2.57. The van der Waals surface area contributed by atoms with Crippen LogP contribution in [0.1, 0.15) is 17.2 Å². The Labute approximate surface area is 143 Å². The van der Waals surface area contributed by atoms with Crippen LogP contribution in [0.3, 0.4) is 0 Å². The molecule has 1 heterocycles. The van der Waals surface area contributed by atoms with E-state index in [4.69, 9.17) is 11.6 Å². The van der Waals surface area contributed by atoms with Crippen molar-refractivity contribution in [3.05, 3.63) is 70.7 Å². The Morgan fingerprint density at radius 1 is 0.826 bits per heavy atom. The van der Waals surface area contributed by atoms with Crippen molar-refractivity contribution in [1.29, 1.82) is 0 Å². The Kier molecular flexibility index (Phi) is 5.33. The normalized spacial score (nSPS) is 18.2. The summed E-state index contributed by atoms with van der Waals surface area (Å²) < 4.78 is 23.8. The van der Waals surface area contributed by atoms with Crippen LogP contribution in [0.25, 0.3) is 0 Å². The monoisotopic (exact) mass is 350 g/mol. The molecule has 0 amide bonds. The lowest BCUT2D eigenvalue weighted by Gasteiger charge is -2.37. The Hall–Kier alpha value is -1.40. The van der Waals surface area contributed by atoms with Crippen LogP contribution < -0.4 is 0 Å². The molecule has 0 spiro atoms. The average molecular weight is 351 g/mol. The molecule has 2 aromatic carbocycles. The van der Waals surface area contributed by atoms with Gasteiger partial charge in [0.1, 0.15) is 0 Å². The highest BCUT2D eigenvalue weighted by atomic mass is 35.5. The molecule has 1 saturated heterocycles. The third-order valence-electron chi connectivity index (χ3n) is 4.19. The fourth-order valence-corrected chi connectivity index (χ4v) is 3.66. The quantitative estimate of drug-likeness (QED) is 0.862. The number of nitrogens with zero attached hydrogens (tertiary/aromatic N) is 2. The Morgan fingerprint density at radius 3 is 1.96 bits per heavy atom. The highest BCUT2D eigenvalue weighted by molar-refractivity contribution is 7.69. The summed E-state index contributed by atoms with van der Waals surface area (Å²) in [6, 6.07) is 18.3. The second-order valence-corrected chi connectivity index (χ2v) is 7.07. The van der Waals surface area contributed by atoms with E-state index < -0.39 is 10.9 Å². The van der Waals surface area contributed by atoms with Crippen LogP contribution >= 0.6 is 11.6 Å². The van der Waals surface area contributed by atoms with Crippen molar-refractivity contribution < 1.29 is 8.42 Å². The maximum Gasteiger partial charge on any atom is 0.204 e. The lowest BCUT2D eigenvalue weighted by atomic mass is 9.96. The fourth-order valence-electron chi connectivity index (χ4n) is 3.03. The summed E-state index contributed by atoms with van der Waals surface area (Å²) in [7, 11) is -2.48. The fraction of sp³-hybridized carbons (Fsp3) is 0.294. The van der Waals surface area contributed by atoms with Crippen LogP contribution in [-0.4, -0.2) is 43.8 Å². The molecule has 4 nitrogen and oxygen atoms in total. The molecule has 6 heteroatoms. The van der Waals surface area contributed by atoms with Gasteiger partial charge in [-0.1, -0.05) is 54.1 Å². The maximum absolute atomic E-state index is 11.1. The predicted molar refractivity (Wildman–Crippen MR) is 93.2 cm³/mol. The smallest absolute Gasteiger partial charge is 0.204 e. The Morgan fingerprint density at radius 2 is 1.39 bits per heavy atom. The summed E-state index contributed by atoms with van der Waals surface area (Å²) in [5, 5.41) is 0.716. The van der Waals surface area contributed by atoms with Crippen LogP contribution in [0.2, 0.25) is 5.02 Å². The number of piperazine rings is 1. The number of halogens is 1. The van der Waals surface area contributed by atoms with Gasteiger partial charge in [0.2, 0.25) is 10.9 Å². The van der Waals surface area contributed by atoms with Crippen molar-refractivity contribution >= 4 is 22.5 Å². The van der Waals surface area contributed by atoms with Gasteiger partial charge in [-0.25, -0.2) is 12.7 Å². The molecule has 0 radical (unpaired) electrons. The molecule has 3 rings (SSSR count). The summed E-state index contributed by atoms with van der Waals surface area (Å²) in [5.74, 6) is 0. The first-order valence-electron chi connectivity index (χ1n) is 7.59. The number of thiol groups is 1. The SMILES string of the molecule is O=[SH](=O)N1CCN(C(c2ccccc2)c2ccc(Cl)cc2)CC1. The molecule has 1 atom stereocenters. The third-order valence-corrected chi connectivity index (χ3v) is 5.30. The lowest BCUT2D eigenvalue weighted by molar-refractivity contribution is 0.158. The molecule has 0 aromatic heterocycles. The van der Waals surface area contributed by atoms with Crippen LogP contribution in [-0.2, 0) is 10.9 Å². The van der Waals surface area contributed by atoms with Gasteiger partial charge in [0, 0.05) is 31.2 Å². The standard InChI is InChI=1S/C17H19ClN2O2S/c18-16-8-6-15(7-9-16)17(14-4-2-1-3-5-14)19-10-12-20(13-11-19)23(21)22/h1-9,17,23H,10-13H2. The zero-order valence-electron chi connectivity index (χ0n) is 12.6. The molecule has 2 aromatic rings. The van der Waals surface area contributed by atoms with Crippen molar-refractivity contribution in [1.82, 2.24) is 9.21 Å². The van der Waals surface area contributed by atoms with Gasteiger partial charge in [0.15, 0.2) is 0 Å². The molecule has 0 N–H and O–H groups in total. The van der Waals surface area contributed by atoms with Gasteiger partial charge in [-0.2, -0.15) is 0 Å². The number of rotatable bonds is 4. The van der Waals surface area contributed by atoms with E-state index in [1.54, 1.807) is 0 Å². The molecule has 1 aliphatic heterocycles. The van der Waals surface area contributed by atoms with Gasteiger partial charge >= 0.3 is 0 Å². The molecule has 0 bridgehead atoms. The average Bonchev–Trinajstić information content (AvgIpc) is 2.58. The van der Waals surface area contributed by atoms with Gasteiger partial charge in [-0.3, -0.25) is 4.90 Å². The zero-order chi connectivity index (χ0) is 16.2. The summed E-state index contributed by atoms with van der Waals surface area (Å²) >= 11 is 6.01. The van der Waals surface area contributed by atoms with E-state index in [1.807, 2.05) is 42.5 Å². The summed E-state index contributed by atoms with van der Waals surface area (Å²) in [6.07, 6.45) is 0. The van der Waals surface area contributed by atoms with E-state index in [0.717, 1.165) is 0 Å². The van der Waals surface area contributed by atoms with Gasteiger partial charge in [0.25, 0.3) is 0 Å². The number of hydrogen-bond acceptors (Lipinski definition) is 3. The van der Waals surface area contributed by atoms with Gasteiger partial charge in [-0.05, 0) is 23.3 Å². The second kappa shape index (κ2) is 7.45. The van der Waals surface area contributed by atoms with Crippen molar-refractivity contribution in [2.24, 2.45) is 0 Å². The van der Waals surface area contributed by atoms with E-state index in [1.165, 1.54) is 15.4 Å². The lowest BCUT2D eigenvalue weighted by Crippen LogP contribution is -2.47. The van der Waals surface area contributed by atoms with Gasteiger partial charge < -0.3 is 0 Å². The van der Waals surface area contributed by atoms with E-state index in [0.29, 0.717) is 31.2 Å². The first-order chi connectivity index (χ1) is 11.1. The molecule has 0 aliphatic carbocycles. The van der Waals surface area contributed by atoms with Crippen LogP contribution in [0.4, 0.5) is 0 Å². The molecule has 0 saturated carbocycles. The van der Waals surface area contributed by atoms with E-state index in [9.17, 15) is 8.42 Å². The topological polar surface area (TPSA) is 40.6 Å². The first-order valence-corrected chi connectivity index (χ1v) is 9.09. The van der Waals surface area contributed by atoms with E-state index in [-0.39, 0.29) is 6.04 Å². The molecule has 1 aliphatic rings. The molecular formula is C17H19ClN2O2S. The van der Waals surface area contributed by atoms with Crippen molar-refractivity contribution in [2.75, 3.05) is 26.2 Å². The molecule has 122 valence electrons. The highest BCUT2D eigenvalue weighted by Gasteiger charge is 2.27. The number of benzene rings is 2. The first kappa shape index (κ1) is 16.5. The minimum atomic E-state index is -2.48. The minimum absolute atomic E-state index is 0.111. The summed E-state index contributed by atoms with van der Waals surface area (Å²) in [4.78, 5) is 2.33. The van der Waals surface area contributed by atoms with E-state index in [2.05, 4.69) is 17.0 Å². The van der Waals surface area contributed by atoms with E-state index >= 15 is 0 Å². The van der Waals surface area contributed by atoms with Crippen molar-refractivity contribution in [2.45, 2.75) is 6.04 Å². The van der Waals surface area contributed by atoms with Crippen LogP contribution in [0.5, 0.6) is 0 Å². The molecular weight excluding hydrogens is 332 g/mol. The molecule has 1 fully saturated rings. The molecule has 1 unspecified atom stereocenters. The number of hydrogen-bond donors (Lipinski definition) is 1. The van der Waals surface area contributed by atoms with Crippen molar-refractivity contribution in [3.8, 4) is 0 Å². The molecule has 23 heavy (non-hydrogen) atoms. The maximum atomic E-state index is 11.1. The van der Waals surface area contributed by atoms with Crippen LogP contribution in [0.15, 0.2) is 54.6 Å². The second-order valence-electron chi connectivity index (χ2n) is 5.59. The summed E-state index contributed by atoms with van der Waals surface area (Å²) in [5.41, 5.74) is 2.37. The van der Waals surface area contributed by atoms with Crippen LogP contribution in [0, 0.1) is 0 Å². The zero-order valence-corrected chi connectivity index (χ0v) is 14.3. The van der Waals surface area contributed by atoms with Crippen molar-refractivity contribution in [3.63, 3.8) is 0 Å². The Bertz CT molecular complexity index is 703. The minimum Gasteiger partial charge on any atom is -0.290 e. The summed E-state index contributed by atoms with van der Waals surface area (Å²) in [6.45, 7) is 2.50. The Balaban J connectivity index is 1.89.